The first-order chi connectivity index (χ1) is 29.6. The number of hydrogen-bond donors (Lipinski definition) is 0. The lowest BCUT2D eigenvalue weighted by Gasteiger charge is -2.41. The second-order valence-electron chi connectivity index (χ2n) is 24.5. The average Bonchev–Trinajstić information content (AvgIpc) is 3.11. The van der Waals surface area contributed by atoms with E-state index in [1.807, 2.05) is 0 Å². The molecule has 368 valence electrons. The van der Waals surface area contributed by atoms with Crippen molar-refractivity contribution in [3.05, 3.63) is 97.1 Å². The van der Waals surface area contributed by atoms with Crippen LogP contribution in [0.3, 0.4) is 0 Å². The van der Waals surface area contributed by atoms with Gasteiger partial charge in [-0.2, -0.15) is 0 Å². The molecule has 3 aromatic rings. The quantitative estimate of drug-likeness (QED) is 0.140. The summed E-state index contributed by atoms with van der Waals surface area (Å²) < 4.78 is 24.3. The van der Waals surface area contributed by atoms with Crippen LogP contribution < -0.4 is 13.3 Å². The normalized spacial score (nSPS) is 14.1. The Bertz CT molecular complexity index is 2210. The van der Waals surface area contributed by atoms with Crippen molar-refractivity contribution in [3.63, 3.8) is 0 Å². The zero-order valence-electron chi connectivity index (χ0n) is 44.1. The van der Waals surface area contributed by atoms with Crippen molar-refractivity contribution >= 4 is 147 Å². The molecule has 0 bridgehead atoms. The van der Waals surface area contributed by atoms with Crippen molar-refractivity contribution in [1.82, 2.24) is 0 Å². The maximum Gasteiger partial charge on any atom is 0.250 e. The predicted molar refractivity (Wildman–Crippen MR) is 326 cm³/mol. The molecule has 0 unspecified atom stereocenters. The van der Waals surface area contributed by atoms with E-state index in [2.05, 4.69) is 306 Å². The fourth-order valence-electron chi connectivity index (χ4n) is 6.97. The van der Waals surface area contributed by atoms with Crippen molar-refractivity contribution in [2.75, 3.05) is 0 Å². The van der Waals surface area contributed by atoms with Gasteiger partial charge < -0.3 is 13.3 Å². The lowest BCUT2D eigenvalue weighted by molar-refractivity contribution is 0.479. The molecule has 1 aliphatic rings. The summed E-state index contributed by atoms with van der Waals surface area (Å²) in [6, 6.07) is 15.4. The SMILES string of the molecule is CC(C)(C)[Si](C)(C)Oc1ccc(C=C(Br)Br)c(C2c3c(C=C(Br)Br)ccc(O[Si](C)(C)C(C)(C)C)c3Cc3c(O[Si](C)(C)C(C)(C)C)ccc(C=C(Br)Br)c32)c1.CC(C)[Si](C)(C)C(C)(C)C. The van der Waals surface area contributed by atoms with Crippen molar-refractivity contribution in [1.29, 1.82) is 0 Å². The maximum atomic E-state index is 7.33. The van der Waals surface area contributed by atoms with Crippen LogP contribution in [0.25, 0.3) is 18.2 Å². The Morgan fingerprint density at radius 1 is 0.500 bits per heavy atom. The molecule has 0 atom stereocenters. The van der Waals surface area contributed by atoms with E-state index in [-0.39, 0.29) is 21.0 Å². The molecule has 0 N–H and O–H groups in total. The van der Waals surface area contributed by atoms with Gasteiger partial charge in [0.15, 0.2) is 0 Å². The molecule has 0 fully saturated rings. The van der Waals surface area contributed by atoms with Gasteiger partial charge in [0.1, 0.15) is 17.2 Å². The molecule has 0 aromatic heterocycles. The van der Waals surface area contributed by atoms with E-state index in [9.17, 15) is 0 Å². The summed E-state index contributed by atoms with van der Waals surface area (Å²) in [5.41, 5.74) is 10.1. The van der Waals surface area contributed by atoms with Crippen LogP contribution >= 0.6 is 95.6 Å². The van der Waals surface area contributed by atoms with Crippen molar-refractivity contribution in [2.45, 2.75) is 187 Å². The van der Waals surface area contributed by atoms with Crippen LogP contribution in [0.2, 0.25) is 78.1 Å². The summed E-state index contributed by atoms with van der Waals surface area (Å²) in [6.45, 7) is 51.4. The van der Waals surface area contributed by atoms with Crippen LogP contribution in [0.5, 0.6) is 17.2 Å². The standard InChI is InChI=1S/C44H58Br6O3Si3.C9H22Si/c1-42(2,3)54(10,11)51-30-19-16-27(22-36(45)46)31(25-30)41-39-28(23-37(47)48)17-20-34(52-55(12,13)43(4,5)6)32(39)26-33-35(53-56(14,15)44(7,8)9)21-18-29(40(33)41)24-38(49)50;1-8(2)10(6,7)9(3,4)5/h16-25,41H,26H2,1-15H3;8H,1-7H3. The summed E-state index contributed by atoms with van der Waals surface area (Å²) in [7, 11) is -7.70. The first kappa shape index (κ1) is 60.3. The first-order valence-corrected chi connectivity index (χ1v) is 39.7. The predicted octanol–water partition coefficient (Wildman–Crippen LogP) is 22.1. The Kier molecular flexibility index (Phi) is 20.1. The van der Waals surface area contributed by atoms with Gasteiger partial charge in [-0.25, -0.2) is 0 Å². The number of rotatable bonds is 11. The van der Waals surface area contributed by atoms with Crippen LogP contribution in [0.4, 0.5) is 0 Å². The van der Waals surface area contributed by atoms with Crippen molar-refractivity contribution < 1.29 is 13.3 Å². The van der Waals surface area contributed by atoms with Gasteiger partial charge in [0, 0.05) is 23.5 Å². The van der Waals surface area contributed by atoms with E-state index in [0.717, 1.165) is 55.2 Å². The number of benzene rings is 3. The van der Waals surface area contributed by atoms with Crippen LogP contribution in [0, 0.1) is 0 Å². The van der Waals surface area contributed by atoms with E-state index in [1.54, 1.807) is 0 Å². The fourth-order valence-corrected chi connectivity index (χ4v) is 13.3. The lowest BCUT2D eigenvalue weighted by atomic mass is 9.70. The second-order valence-corrected chi connectivity index (χ2v) is 53.1. The number of halogens is 6. The highest BCUT2D eigenvalue weighted by molar-refractivity contribution is 9.29. The molecule has 0 heterocycles. The van der Waals surface area contributed by atoms with Crippen LogP contribution in [-0.2, 0) is 6.42 Å². The minimum absolute atomic E-state index is 0.00950. The Morgan fingerprint density at radius 2 is 0.833 bits per heavy atom. The highest BCUT2D eigenvalue weighted by atomic mass is 79.9. The third kappa shape index (κ3) is 14.6. The van der Waals surface area contributed by atoms with E-state index >= 15 is 0 Å². The van der Waals surface area contributed by atoms with Crippen LogP contribution in [-0.4, -0.2) is 33.0 Å². The number of fused-ring (bicyclic) bond motifs is 2. The van der Waals surface area contributed by atoms with Gasteiger partial charge in [-0.1, -0.05) is 134 Å². The summed E-state index contributed by atoms with van der Waals surface area (Å²) in [6.07, 6.45) is 7.15. The van der Waals surface area contributed by atoms with Gasteiger partial charge in [0.25, 0.3) is 0 Å². The molecular weight excluding hydrogens is 1280 g/mol. The molecule has 3 nitrogen and oxygen atoms in total. The second kappa shape index (κ2) is 22.0. The maximum absolute atomic E-state index is 7.33. The molecule has 4 rings (SSSR count). The zero-order valence-corrected chi connectivity index (χ0v) is 57.6. The monoisotopic (exact) mass is 1350 g/mol. The van der Waals surface area contributed by atoms with Gasteiger partial charge in [-0.15, -0.1) is 0 Å². The van der Waals surface area contributed by atoms with E-state index < -0.39 is 33.0 Å². The van der Waals surface area contributed by atoms with Gasteiger partial charge in [-0.3, -0.25) is 0 Å². The summed E-state index contributed by atoms with van der Waals surface area (Å²) in [5.74, 6) is 2.53. The molecule has 0 amide bonds. The van der Waals surface area contributed by atoms with Crippen molar-refractivity contribution in [2.24, 2.45) is 0 Å². The van der Waals surface area contributed by atoms with Crippen molar-refractivity contribution in [3.8, 4) is 17.2 Å². The van der Waals surface area contributed by atoms with E-state index in [1.165, 1.54) is 22.3 Å². The third-order valence-corrected chi connectivity index (χ3v) is 36.9. The lowest BCUT2D eigenvalue weighted by Crippen LogP contribution is -2.44. The smallest absolute Gasteiger partial charge is 0.250 e. The summed E-state index contributed by atoms with van der Waals surface area (Å²) in [4.78, 5) is 0. The average molecular weight is 1360 g/mol. The molecule has 0 spiro atoms. The van der Waals surface area contributed by atoms with Crippen LogP contribution in [0.15, 0.2) is 52.6 Å². The molecule has 13 heteroatoms. The largest absolute Gasteiger partial charge is 0.543 e. The molecule has 0 radical (unpaired) electrons. The Morgan fingerprint density at radius 3 is 1.14 bits per heavy atom. The highest BCUT2D eigenvalue weighted by Crippen LogP contribution is 2.54. The van der Waals surface area contributed by atoms with Gasteiger partial charge in [0.2, 0.25) is 25.0 Å². The topological polar surface area (TPSA) is 27.7 Å². The molecule has 1 aliphatic carbocycles. The Balaban J connectivity index is 0.00000103. The first-order valence-electron chi connectivity index (χ1n) is 23.2. The molecule has 3 aromatic carbocycles. The minimum Gasteiger partial charge on any atom is -0.543 e. The Hall–Kier alpha value is 0.0275. The fraction of sp³-hybridized carbons (Fsp3) is 0.547. The number of hydrogen-bond acceptors (Lipinski definition) is 3. The molecule has 0 saturated heterocycles. The Labute approximate surface area is 457 Å². The van der Waals surface area contributed by atoms with Gasteiger partial charge in [0.05, 0.1) is 18.2 Å². The van der Waals surface area contributed by atoms with Crippen LogP contribution in [0.1, 0.15) is 147 Å². The molecule has 66 heavy (non-hydrogen) atoms. The summed E-state index contributed by atoms with van der Waals surface area (Å²) in [5, 5.41) is 0.604. The molecule has 0 aliphatic heterocycles. The third-order valence-electron chi connectivity index (χ3n) is 15.7. The zero-order chi connectivity index (χ0) is 51.1. The van der Waals surface area contributed by atoms with E-state index in [0.29, 0.717) is 11.5 Å². The van der Waals surface area contributed by atoms with Gasteiger partial charge >= 0.3 is 0 Å². The summed E-state index contributed by atoms with van der Waals surface area (Å²) >= 11 is 22.4. The van der Waals surface area contributed by atoms with Gasteiger partial charge in [-0.05, 0) is 231 Å². The highest BCUT2D eigenvalue weighted by Gasteiger charge is 2.44. The minimum atomic E-state index is -2.26. The van der Waals surface area contributed by atoms with E-state index in [4.69, 9.17) is 13.3 Å². The molecule has 0 saturated carbocycles. The molecular formula is C53H80Br6O3Si4.